The van der Waals surface area contributed by atoms with E-state index >= 15 is 0 Å². The molecule has 0 aliphatic carbocycles. The van der Waals surface area contributed by atoms with Crippen LogP contribution < -0.4 is 0 Å². The van der Waals surface area contributed by atoms with Crippen molar-refractivity contribution in [1.29, 1.82) is 0 Å². The largest absolute Gasteiger partial charge is 0.462 e. The maximum atomic E-state index is 12.9. The smallest absolute Gasteiger partial charge is 0.306 e. The van der Waals surface area contributed by atoms with Crippen molar-refractivity contribution in [2.75, 3.05) is 13.2 Å². The molecule has 0 spiro atoms. The zero-order valence-corrected chi connectivity index (χ0v) is 54.7. The van der Waals surface area contributed by atoms with Crippen LogP contribution in [0.4, 0.5) is 0 Å². The van der Waals surface area contributed by atoms with Gasteiger partial charge in [-0.2, -0.15) is 0 Å². The molecule has 0 amide bonds. The molecule has 6 nitrogen and oxygen atoms in total. The van der Waals surface area contributed by atoms with Gasteiger partial charge >= 0.3 is 17.9 Å². The van der Waals surface area contributed by atoms with Crippen LogP contribution in [0.25, 0.3) is 0 Å². The lowest BCUT2D eigenvalue weighted by Crippen LogP contribution is -2.30. The summed E-state index contributed by atoms with van der Waals surface area (Å²) in [5.41, 5.74) is 0. The first-order valence-electron chi connectivity index (χ1n) is 35.4. The summed E-state index contributed by atoms with van der Waals surface area (Å²) in [4.78, 5) is 38.4. The maximum Gasteiger partial charge on any atom is 0.306 e. The summed E-state index contributed by atoms with van der Waals surface area (Å²) < 4.78 is 16.9. The van der Waals surface area contributed by atoms with Gasteiger partial charge in [0.2, 0.25) is 0 Å². The number of carbonyl (C=O) groups is 3. The average Bonchev–Trinajstić information content (AvgIpc) is 3.50. The highest BCUT2D eigenvalue weighted by Gasteiger charge is 2.19. The number of hydrogen-bond donors (Lipinski definition) is 0. The molecule has 0 aliphatic heterocycles. The number of carbonyl (C=O) groups excluding carboxylic acids is 3. The summed E-state index contributed by atoms with van der Waals surface area (Å²) in [7, 11) is 0. The van der Waals surface area contributed by atoms with Crippen LogP contribution in [0.3, 0.4) is 0 Å². The van der Waals surface area contributed by atoms with E-state index in [0.29, 0.717) is 19.3 Å². The third kappa shape index (κ3) is 68.7. The van der Waals surface area contributed by atoms with Crippen LogP contribution in [-0.4, -0.2) is 37.2 Å². The third-order valence-electron chi connectivity index (χ3n) is 15.2. The van der Waals surface area contributed by atoms with Crippen LogP contribution in [0.2, 0.25) is 0 Å². The SMILES string of the molecule is CC/C=C\C/C=C\C/C=C\C/C=C\C/C=C\C/C=C\CCC(=O)OC(COC(=O)CCCCCCCCCCC/C=C\CCCCCCCC)COC(=O)CCCCCCCCCCCCCCCCC/C=C\C/C=C\CCCCCCC. The molecule has 0 fully saturated rings. The quantitative estimate of drug-likeness (QED) is 0.0261. The van der Waals surface area contributed by atoms with Gasteiger partial charge in [0.1, 0.15) is 13.2 Å². The van der Waals surface area contributed by atoms with Gasteiger partial charge in [-0.1, -0.05) is 316 Å². The number of hydrogen-bond acceptors (Lipinski definition) is 6. The monoisotopic (exact) mass is 1150 g/mol. The molecule has 0 aliphatic rings. The molecule has 0 aromatic carbocycles. The molecule has 1 unspecified atom stereocenters. The van der Waals surface area contributed by atoms with E-state index in [1.165, 1.54) is 212 Å². The predicted molar refractivity (Wildman–Crippen MR) is 362 cm³/mol. The first-order valence-corrected chi connectivity index (χ1v) is 35.4. The molecule has 0 saturated carbocycles. The van der Waals surface area contributed by atoms with Crippen LogP contribution in [-0.2, 0) is 28.6 Å². The Bertz CT molecular complexity index is 1660. The molecule has 476 valence electrons. The van der Waals surface area contributed by atoms with E-state index in [-0.39, 0.29) is 37.5 Å². The lowest BCUT2D eigenvalue weighted by Gasteiger charge is -2.18. The summed E-state index contributed by atoms with van der Waals surface area (Å²) in [5.74, 6) is -0.982. The molecular weight excluding hydrogens is 1020 g/mol. The van der Waals surface area contributed by atoms with E-state index in [1.807, 2.05) is 6.08 Å². The fraction of sp³-hybridized carbons (Fsp3) is 0.727. The Morgan fingerprint density at radius 2 is 0.494 bits per heavy atom. The molecule has 0 bridgehead atoms. The number of allylic oxidation sites excluding steroid dienone is 18. The fourth-order valence-electron chi connectivity index (χ4n) is 9.97. The zero-order chi connectivity index (χ0) is 59.9. The van der Waals surface area contributed by atoms with Crippen LogP contribution in [0.15, 0.2) is 109 Å². The minimum Gasteiger partial charge on any atom is -0.462 e. The second kappa shape index (κ2) is 70.6. The summed E-state index contributed by atoms with van der Waals surface area (Å²) in [6.45, 7) is 6.49. The predicted octanol–water partition coefficient (Wildman–Crippen LogP) is 24.6. The number of ether oxygens (including phenoxy) is 3. The molecule has 0 rings (SSSR count). The summed E-state index contributed by atoms with van der Waals surface area (Å²) in [5, 5.41) is 0. The molecule has 0 aromatic rings. The van der Waals surface area contributed by atoms with E-state index in [4.69, 9.17) is 14.2 Å². The van der Waals surface area contributed by atoms with Gasteiger partial charge in [0.05, 0.1) is 0 Å². The Balaban J connectivity index is 4.40. The van der Waals surface area contributed by atoms with Gasteiger partial charge in [-0.15, -0.1) is 0 Å². The highest BCUT2D eigenvalue weighted by molar-refractivity contribution is 5.71. The number of rotatable bonds is 64. The van der Waals surface area contributed by atoms with Crippen molar-refractivity contribution in [2.45, 2.75) is 348 Å². The van der Waals surface area contributed by atoms with E-state index in [1.54, 1.807) is 0 Å². The van der Waals surface area contributed by atoms with Crippen LogP contribution in [0, 0.1) is 0 Å². The molecule has 6 heteroatoms. The van der Waals surface area contributed by atoms with Gasteiger partial charge in [-0.05, 0) is 116 Å². The van der Waals surface area contributed by atoms with Crippen molar-refractivity contribution < 1.29 is 28.6 Å². The topological polar surface area (TPSA) is 78.9 Å². The molecule has 1 atom stereocenters. The normalized spacial score (nSPS) is 12.8. The fourth-order valence-corrected chi connectivity index (χ4v) is 9.97. The minimum absolute atomic E-state index is 0.108. The van der Waals surface area contributed by atoms with Gasteiger partial charge in [-0.25, -0.2) is 0 Å². The van der Waals surface area contributed by atoms with E-state index in [9.17, 15) is 14.4 Å². The summed E-state index contributed by atoms with van der Waals surface area (Å²) in [6, 6.07) is 0. The maximum absolute atomic E-state index is 12.9. The molecule has 83 heavy (non-hydrogen) atoms. The second-order valence-electron chi connectivity index (χ2n) is 23.4. The van der Waals surface area contributed by atoms with E-state index in [2.05, 4.69) is 124 Å². The molecule has 0 radical (unpaired) electrons. The van der Waals surface area contributed by atoms with Crippen molar-refractivity contribution in [1.82, 2.24) is 0 Å². The average molecular weight is 1150 g/mol. The second-order valence-corrected chi connectivity index (χ2v) is 23.4. The van der Waals surface area contributed by atoms with Crippen molar-refractivity contribution in [2.24, 2.45) is 0 Å². The van der Waals surface area contributed by atoms with Crippen LogP contribution in [0.1, 0.15) is 342 Å². The highest BCUT2D eigenvalue weighted by atomic mass is 16.6. The van der Waals surface area contributed by atoms with Crippen molar-refractivity contribution in [3.05, 3.63) is 109 Å². The van der Waals surface area contributed by atoms with Gasteiger partial charge < -0.3 is 14.2 Å². The van der Waals surface area contributed by atoms with Gasteiger partial charge in [-0.3, -0.25) is 14.4 Å². The Morgan fingerprint density at radius 1 is 0.253 bits per heavy atom. The highest BCUT2D eigenvalue weighted by Crippen LogP contribution is 2.17. The molecule has 0 N–H and O–H groups in total. The lowest BCUT2D eigenvalue weighted by atomic mass is 10.0. The minimum atomic E-state index is -0.822. The summed E-state index contributed by atoms with van der Waals surface area (Å²) >= 11 is 0. The molecular formula is C77H132O6. The van der Waals surface area contributed by atoms with Gasteiger partial charge in [0.15, 0.2) is 6.10 Å². The number of esters is 3. The Labute approximate surface area is 514 Å². The number of unbranched alkanes of at least 4 members (excludes halogenated alkanes) is 35. The molecule has 0 saturated heterocycles. The van der Waals surface area contributed by atoms with Crippen molar-refractivity contribution >= 4 is 17.9 Å². The van der Waals surface area contributed by atoms with Crippen molar-refractivity contribution in [3.8, 4) is 0 Å². The lowest BCUT2D eigenvalue weighted by molar-refractivity contribution is -0.166. The summed E-state index contributed by atoms with van der Waals surface area (Å²) in [6.07, 6.45) is 97.0. The van der Waals surface area contributed by atoms with Gasteiger partial charge in [0, 0.05) is 19.3 Å². The van der Waals surface area contributed by atoms with E-state index in [0.717, 1.165) is 83.5 Å². The van der Waals surface area contributed by atoms with Crippen LogP contribution in [0.5, 0.6) is 0 Å². The Morgan fingerprint density at radius 3 is 0.795 bits per heavy atom. The molecule has 0 heterocycles. The van der Waals surface area contributed by atoms with Crippen LogP contribution >= 0.6 is 0 Å². The first kappa shape index (κ1) is 79.1. The first-order chi connectivity index (χ1) is 41.0. The third-order valence-corrected chi connectivity index (χ3v) is 15.2. The Hall–Kier alpha value is -3.93. The zero-order valence-electron chi connectivity index (χ0n) is 54.7. The standard InChI is InChI=1S/C77H132O6/c1-4-7-10-13-16-19-22-25-28-31-34-35-36-37-38-39-40-41-44-46-49-52-55-58-61-64-67-70-76(79)82-73-74(83-77(80)71-68-65-62-59-56-53-50-47-43-33-30-27-24-21-18-15-12-9-6-3)72-81-75(78)69-66-63-60-57-54-51-48-45-42-32-29-26-23-20-17-14-11-8-5-2/h9,12,18,21-22,25-27,29-31,34,43,47,53,56,62,65,74H,4-8,10-11,13-17,19-20,23-24,28,32-33,35-42,44-46,48-52,54-55,57-61,63-64,66-73H2,1-3H3/b12-9-,21-18-,25-22-,29-26-,30-27-,34-31-,47-43-,56-53-,65-62-. The van der Waals surface area contributed by atoms with Crippen molar-refractivity contribution in [3.63, 3.8) is 0 Å². The Kier molecular flexibility index (Phi) is 67.2. The van der Waals surface area contributed by atoms with E-state index < -0.39 is 6.10 Å². The van der Waals surface area contributed by atoms with Gasteiger partial charge in [0.25, 0.3) is 0 Å². The molecule has 0 aromatic heterocycles.